The molecule has 1 fully saturated rings. The Bertz CT molecular complexity index is 1840. The number of nitrogens with zero attached hydrogens (tertiary/aromatic N) is 2. The van der Waals surface area contributed by atoms with E-state index in [0.717, 1.165) is 16.5 Å². The second kappa shape index (κ2) is 13.0. The van der Waals surface area contributed by atoms with Gasteiger partial charge in [-0.05, 0) is 43.2 Å². The number of rotatable bonds is 9. The molecule has 2 aromatic heterocycles. The lowest BCUT2D eigenvalue weighted by Gasteiger charge is -2.30. The van der Waals surface area contributed by atoms with Crippen LogP contribution in [0.15, 0.2) is 84.1 Å². The van der Waals surface area contributed by atoms with Crippen molar-refractivity contribution in [1.29, 1.82) is 0 Å². The van der Waals surface area contributed by atoms with E-state index in [9.17, 15) is 19.2 Å². The van der Waals surface area contributed by atoms with Gasteiger partial charge in [0.25, 0.3) is 5.91 Å². The number of amides is 4. The number of imide groups is 1. The summed E-state index contributed by atoms with van der Waals surface area (Å²) in [6, 6.07) is 17.2. The number of piperidine rings is 1. The Kier molecular flexibility index (Phi) is 8.53. The van der Waals surface area contributed by atoms with E-state index >= 15 is 0 Å². The van der Waals surface area contributed by atoms with Crippen LogP contribution in [0.2, 0.25) is 0 Å². The molecule has 0 saturated carbocycles. The van der Waals surface area contributed by atoms with Gasteiger partial charge in [0.05, 0.1) is 5.56 Å². The number of unbranched alkanes of at least 4 members (excludes halogenated alkanes) is 1. The first-order valence-electron chi connectivity index (χ1n) is 14.6. The quantitative estimate of drug-likeness (QED) is 0.168. The molecule has 0 spiro atoms. The Morgan fingerprint density at radius 3 is 2.82 bits per heavy atom. The Balaban J connectivity index is 1.02. The molecule has 0 bridgehead atoms. The fourth-order valence-electron chi connectivity index (χ4n) is 5.57. The van der Waals surface area contributed by atoms with E-state index < -0.39 is 18.0 Å². The summed E-state index contributed by atoms with van der Waals surface area (Å²) in [5.74, 6) is 5.35. The molecule has 2 aliphatic heterocycles. The largest absolute Gasteiger partial charge is 0.459 e. The first-order valence-corrected chi connectivity index (χ1v) is 14.6. The number of hydrogen-bond acceptors (Lipinski definition) is 7. The summed E-state index contributed by atoms with van der Waals surface area (Å²) in [5, 5.41) is 6.23. The van der Waals surface area contributed by atoms with Crippen LogP contribution >= 0.6 is 0 Å². The zero-order valence-corrected chi connectivity index (χ0v) is 24.4. The topological polar surface area (TPSA) is 131 Å². The zero-order chi connectivity index (χ0) is 31.3. The van der Waals surface area contributed by atoms with Gasteiger partial charge < -0.3 is 14.5 Å². The Morgan fingerprint density at radius 2 is 2.02 bits per heavy atom. The van der Waals surface area contributed by atoms with Crippen molar-refractivity contribution < 1.29 is 28.3 Å². The van der Waals surface area contributed by atoms with Gasteiger partial charge in [0.2, 0.25) is 17.7 Å². The van der Waals surface area contributed by atoms with E-state index in [2.05, 4.69) is 34.0 Å². The highest BCUT2D eigenvalue weighted by molar-refractivity contribution is 6.13. The predicted octanol–water partition coefficient (Wildman–Crippen LogP) is 4.11. The summed E-state index contributed by atoms with van der Waals surface area (Å²) in [7, 11) is 0. The van der Waals surface area contributed by atoms with Gasteiger partial charge in [0.1, 0.15) is 30.0 Å². The maximum atomic E-state index is 13.2. The molecule has 10 heteroatoms. The number of fused-ring (bicyclic) bond motifs is 2. The smallest absolute Gasteiger partial charge is 0.259 e. The van der Waals surface area contributed by atoms with Crippen LogP contribution in [0.25, 0.3) is 16.7 Å². The summed E-state index contributed by atoms with van der Waals surface area (Å²) < 4.78 is 11.7. The zero-order valence-electron chi connectivity index (χ0n) is 24.4. The van der Waals surface area contributed by atoms with E-state index in [1.807, 2.05) is 36.4 Å². The van der Waals surface area contributed by atoms with Gasteiger partial charge in [-0.3, -0.25) is 34.4 Å². The third kappa shape index (κ3) is 6.25. The third-order valence-corrected chi connectivity index (χ3v) is 7.71. The number of furan rings is 1. The van der Waals surface area contributed by atoms with E-state index in [4.69, 9.17) is 9.15 Å². The first-order chi connectivity index (χ1) is 21.9. The predicted molar refractivity (Wildman–Crippen MR) is 165 cm³/mol. The monoisotopic (exact) mass is 602 g/mol. The molecule has 10 nitrogen and oxygen atoms in total. The van der Waals surface area contributed by atoms with E-state index in [-0.39, 0.29) is 37.2 Å². The fourth-order valence-corrected chi connectivity index (χ4v) is 5.57. The minimum absolute atomic E-state index is 0.130. The minimum Gasteiger partial charge on any atom is -0.459 e. The molecule has 0 radical (unpaired) electrons. The number of hydrogen-bond donors (Lipinski definition) is 2. The van der Waals surface area contributed by atoms with Crippen molar-refractivity contribution in [3.05, 3.63) is 108 Å². The summed E-state index contributed by atoms with van der Waals surface area (Å²) >= 11 is 0. The molecule has 4 amide bonds. The molecule has 2 unspecified atom stereocenters. The maximum absolute atomic E-state index is 13.2. The molecule has 1 saturated heterocycles. The number of ether oxygens (including phenoxy) is 1. The van der Waals surface area contributed by atoms with Crippen molar-refractivity contribution >= 4 is 40.3 Å². The van der Waals surface area contributed by atoms with Crippen LogP contribution in [-0.2, 0) is 19.1 Å². The lowest BCUT2D eigenvalue weighted by Crippen LogP contribution is -2.52. The van der Waals surface area contributed by atoms with Crippen LogP contribution in [0.1, 0.15) is 64.5 Å². The van der Waals surface area contributed by atoms with Gasteiger partial charge >= 0.3 is 0 Å². The van der Waals surface area contributed by atoms with Gasteiger partial charge in [-0.15, -0.1) is 0 Å². The maximum Gasteiger partial charge on any atom is 0.259 e. The van der Waals surface area contributed by atoms with Crippen molar-refractivity contribution in [2.75, 3.05) is 13.2 Å². The van der Waals surface area contributed by atoms with Crippen molar-refractivity contribution in [3.63, 3.8) is 0 Å². The Hall–Kier alpha value is -5.53. The SMILES string of the molecule is C=C1c2c(C#CCCCOCC(=O)NC(c3cccnc3)c3cc4ccccc4o3)cccc2C(=O)N1C1CCC(=O)NC1=O. The lowest BCUT2D eigenvalue weighted by atomic mass is 10.0. The summed E-state index contributed by atoms with van der Waals surface area (Å²) in [6.07, 6.45) is 4.85. The summed E-state index contributed by atoms with van der Waals surface area (Å²) in [4.78, 5) is 55.5. The molecule has 6 rings (SSSR count). The number of carbonyl (C=O) groups is 4. The van der Waals surface area contributed by atoms with Crippen LogP contribution in [0.4, 0.5) is 0 Å². The Labute approximate surface area is 259 Å². The van der Waals surface area contributed by atoms with Crippen LogP contribution in [0, 0.1) is 11.8 Å². The molecule has 45 heavy (non-hydrogen) atoms. The molecule has 4 heterocycles. The average molecular weight is 603 g/mol. The van der Waals surface area contributed by atoms with Gasteiger partial charge in [-0.25, -0.2) is 0 Å². The molecule has 2 aliphatic rings. The van der Waals surface area contributed by atoms with Gasteiger partial charge in [0, 0.05) is 59.6 Å². The fraction of sp³-hybridized carbons (Fsp3) is 0.229. The number of carbonyl (C=O) groups excluding carboxylic acids is 4. The van der Waals surface area contributed by atoms with E-state index in [1.165, 1.54) is 4.90 Å². The average Bonchev–Trinajstić information content (AvgIpc) is 3.58. The molecule has 2 N–H and O–H groups in total. The van der Waals surface area contributed by atoms with Crippen molar-refractivity contribution in [1.82, 2.24) is 20.5 Å². The van der Waals surface area contributed by atoms with Crippen molar-refractivity contribution in [3.8, 4) is 11.8 Å². The minimum atomic E-state index is -0.788. The normalized spacial score (nSPS) is 16.6. The van der Waals surface area contributed by atoms with Crippen LogP contribution in [-0.4, -0.2) is 52.8 Å². The van der Waals surface area contributed by atoms with Crippen LogP contribution in [0.5, 0.6) is 0 Å². The van der Waals surface area contributed by atoms with Gasteiger partial charge in [-0.1, -0.05) is 48.8 Å². The second-order valence-corrected chi connectivity index (χ2v) is 10.7. The number of benzene rings is 2. The third-order valence-electron chi connectivity index (χ3n) is 7.71. The molecule has 2 atom stereocenters. The molecule has 226 valence electrons. The first kappa shape index (κ1) is 29.5. The highest BCUT2D eigenvalue weighted by atomic mass is 16.5. The standard InChI is InChI=1S/C35H30N4O6/c1-22-32-23(11-7-13-26(32)35(43)39(22)27-15-16-30(40)38-34(27)42)9-3-2-6-18-44-21-31(41)37-33(25-12-8-17-36-20-25)29-19-24-10-4-5-14-28(24)45-29/h4-5,7-8,10-14,17,19-20,27,33H,1-2,6,15-16,18,21H2,(H,37,41)(H,38,40,42). The molecular weight excluding hydrogens is 572 g/mol. The molecule has 4 aromatic rings. The highest BCUT2D eigenvalue weighted by Gasteiger charge is 2.42. The van der Waals surface area contributed by atoms with Crippen LogP contribution in [0.3, 0.4) is 0 Å². The highest BCUT2D eigenvalue weighted by Crippen LogP contribution is 2.37. The Morgan fingerprint density at radius 1 is 1.16 bits per heavy atom. The van der Waals surface area contributed by atoms with E-state index in [1.54, 1.807) is 36.7 Å². The number of aromatic nitrogens is 1. The summed E-state index contributed by atoms with van der Waals surface area (Å²) in [6.45, 7) is 4.27. The number of para-hydroxylation sites is 1. The second-order valence-electron chi connectivity index (χ2n) is 10.7. The van der Waals surface area contributed by atoms with Gasteiger partial charge in [-0.2, -0.15) is 0 Å². The molecular formula is C35H30N4O6. The van der Waals surface area contributed by atoms with Crippen molar-refractivity contribution in [2.45, 2.75) is 37.8 Å². The van der Waals surface area contributed by atoms with E-state index in [0.29, 0.717) is 47.6 Å². The lowest BCUT2D eigenvalue weighted by molar-refractivity contribution is -0.136. The van der Waals surface area contributed by atoms with Crippen LogP contribution < -0.4 is 10.6 Å². The number of nitrogens with one attached hydrogen (secondary N) is 2. The van der Waals surface area contributed by atoms with Gasteiger partial charge in [0.15, 0.2) is 0 Å². The molecule has 0 aliphatic carbocycles. The van der Waals surface area contributed by atoms with Crippen molar-refractivity contribution in [2.24, 2.45) is 0 Å². The summed E-state index contributed by atoms with van der Waals surface area (Å²) in [5.41, 5.74) is 3.58. The number of pyridine rings is 1. The molecule has 2 aromatic carbocycles.